The molecule has 1 saturated heterocycles. The van der Waals surface area contributed by atoms with Gasteiger partial charge in [0.25, 0.3) is 0 Å². The lowest BCUT2D eigenvalue weighted by Gasteiger charge is -2.28. The molecule has 2 aromatic heterocycles. The van der Waals surface area contributed by atoms with Crippen molar-refractivity contribution in [2.75, 3.05) is 17.3 Å². The van der Waals surface area contributed by atoms with Gasteiger partial charge in [0.2, 0.25) is 5.91 Å². The number of aromatic nitrogens is 2. The van der Waals surface area contributed by atoms with Crippen molar-refractivity contribution in [2.45, 2.75) is 39.3 Å². The third kappa shape index (κ3) is 4.05. The first-order valence-electron chi connectivity index (χ1n) is 10.6. The number of rotatable bonds is 6. The zero-order valence-electron chi connectivity index (χ0n) is 18.6. The number of nitrogens with zero attached hydrogens (tertiary/aromatic N) is 2. The van der Waals surface area contributed by atoms with Crippen molar-refractivity contribution in [1.82, 2.24) is 15.3 Å². The number of ether oxygens (including phenoxy) is 1. The SMILES string of the molecule is CCC(=O)Nc1ccc(N2C(=S)N[C@@H](c3ccccn3)[C@H]2c2cc(C)[nH]c2C)cc1OC. The van der Waals surface area contributed by atoms with Gasteiger partial charge < -0.3 is 25.3 Å². The average Bonchev–Trinajstić information content (AvgIpc) is 3.32. The molecule has 1 aliphatic rings. The molecule has 2 atom stereocenters. The Bertz CT molecular complexity index is 1140. The molecule has 3 heterocycles. The van der Waals surface area contributed by atoms with E-state index in [1.54, 1.807) is 13.3 Å². The van der Waals surface area contributed by atoms with Crippen molar-refractivity contribution in [2.24, 2.45) is 0 Å². The van der Waals surface area contributed by atoms with E-state index in [0.717, 1.165) is 28.3 Å². The predicted molar refractivity (Wildman–Crippen MR) is 130 cm³/mol. The molecular weight excluding hydrogens is 422 g/mol. The zero-order valence-corrected chi connectivity index (χ0v) is 19.4. The molecule has 3 N–H and O–H groups in total. The van der Waals surface area contributed by atoms with Crippen LogP contribution in [-0.2, 0) is 4.79 Å². The summed E-state index contributed by atoms with van der Waals surface area (Å²) in [6.07, 6.45) is 2.19. The zero-order chi connectivity index (χ0) is 22.8. The summed E-state index contributed by atoms with van der Waals surface area (Å²) in [4.78, 5) is 22.0. The average molecular weight is 450 g/mol. The minimum Gasteiger partial charge on any atom is -0.494 e. The maximum Gasteiger partial charge on any atom is 0.224 e. The lowest BCUT2D eigenvalue weighted by atomic mass is 9.96. The molecule has 1 fully saturated rings. The first-order chi connectivity index (χ1) is 15.4. The third-order valence-electron chi connectivity index (χ3n) is 5.66. The molecule has 0 bridgehead atoms. The van der Waals surface area contributed by atoms with Gasteiger partial charge in [-0.1, -0.05) is 13.0 Å². The number of hydrogen-bond donors (Lipinski definition) is 3. The van der Waals surface area contributed by atoms with Gasteiger partial charge >= 0.3 is 0 Å². The lowest BCUT2D eigenvalue weighted by molar-refractivity contribution is -0.115. The number of nitrogens with one attached hydrogen (secondary N) is 3. The van der Waals surface area contributed by atoms with Crippen LogP contribution in [0.2, 0.25) is 0 Å². The summed E-state index contributed by atoms with van der Waals surface area (Å²) < 4.78 is 5.58. The monoisotopic (exact) mass is 449 g/mol. The molecule has 7 nitrogen and oxygen atoms in total. The van der Waals surface area contributed by atoms with Crippen molar-refractivity contribution in [1.29, 1.82) is 0 Å². The molecule has 1 amide bonds. The molecule has 1 aromatic carbocycles. The normalized spacial score (nSPS) is 17.9. The Labute approximate surface area is 193 Å². The van der Waals surface area contributed by atoms with Crippen molar-refractivity contribution in [3.05, 3.63) is 71.3 Å². The summed E-state index contributed by atoms with van der Waals surface area (Å²) in [7, 11) is 1.59. The largest absolute Gasteiger partial charge is 0.494 e. The second kappa shape index (κ2) is 9.00. The molecule has 0 radical (unpaired) electrons. The van der Waals surface area contributed by atoms with Crippen LogP contribution in [0.25, 0.3) is 0 Å². The Morgan fingerprint density at radius 1 is 1.25 bits per heavy atom. The highest BCUT2D eigenvalue weighted by molar-refractivity contribution is 7.80. The molecule has 1 aliphatic heterocycles. The predicted octanol–water partition coefficient (Wildman–Crippen LogP) is 4.56. The maximum absolute atomic E-state index is 11.9. The Morgan fingerprint density at radius 2 is 2.06 bits per heavy atom. The number of benzene rings is 1. The Hall–Kier alpha value is -3.39. The number of methoxy groups -OCH3 is 1. The van der Waals surface area contributed by atoms with Crippen LogP contribution in [0.4, 0.5) is 11.4 Å². The molecule has 0 aliphatic carbocycles. The van der Waals surface area contributed by atoms with Gasteiger partial charge in [-0.25, -0.2) is 0 Å². The summed E-state index contributed by atoms with van der Waals surface area (Å²) >= 11 is 5.79. The fourth-order valence-corrected chi connectivity index (χ4v) is 4.52. The Morgan fingerprint density at radius 3 is 2.69 bits per heavy atom. The minimum absolute atomic E-state index is 0.0686. The van der Waals surface area contributed by atoms with Crippen LogP contribution in [0.5, 0.6) is 5.75 Å². The third-order valence-corrected chi connectivity index (χ3v) is 5.98. The summed E-state index contributed by atoms with van der Waals surface area (Å²) in [5.41, 5.74) is 5.74. The van der Waals surface area contributed by atoms with Crippen molar-refractivity contribution in [3.8, 4) is 5.75 Å². The molecular formula is C24H27N5O2S. The number of pyridine rings is 1. The van der Waals surface area contributed by atoms with E-state index in [9.17, 15) is 4.79 Å². The molecule has 4 rings (SSSR count). The van der Waals surface area contributed by atoms with Gasteiger partial charge in [0.15, 0.2) is 5.11 Å². The quantitative estimate of drug-likeness (QED) is 0.479. The van der Waals surface area contributed by atoms with Gasteiger partial charge in [0.05, 0.1) is 30.6 Å². The Kier molecular flexibility index (Phi) is 6.14. The van der Waals surface area contributed by atoms with Crippen LogP contribution < -0.4 is 20.3 Å². The molecule has 166 valence electrons. The number of carbonyl (C=O) groups excluding carboxylic acids is 1. The summed E-state index contributed by atoms with van der Waals surface area (Å²) in [6, 6.07) is 13.5. The van der Waals surface area contributed by atoms with E-state index in [0.29, 0.717) is 23.0 Å². The van der Waals surface area contributed by atoms with Gasteiger partial charge in [-0.2, -0.15) is 0 Å². The van der Waals surface area contributed by atoms with Crippen LogP contribution in [-0.4, -0.2) is 28.1 Å². The van der Waals surface area contributed by atoms with Crippen molar-refractivity contribution < 1.29 is 9.53 Å². The minimum atomic E-state index is -0.122. The van der Waals surface area contributed by atoms with Crippen LogP contribution in [0, 0.1) is 13.8 Å². The summed E-state index contributed by atoms with van der Waals surface area (Å²) in [5, 5.41) is 6.96. The van der Waals surface area contributed by atoms with E-state index in [-0.39, 0.29) is 18.0 Å². The number of aryl methyl sites for hydroxylation is 2. The van der Waals surface area contributed by atoms with E-state index in [2.05, 4.69) is 38.5 Å². The van der Waals surface area contributed by atoms with Crippen molar-refractivity contribution in [3.63, 3.8) is 0 Å². The molecule has 0 spiro atoms. The number of thiocarbonyl (C=S) groups is 1. The molecule has 32 heavy (non-hydrogen) atoms. The second-order valence-electron chi connectivity index (χ2n) is 7.82. The van der Waals surface area contributed by atoms with E-state index < -0.39 is 0 Å². The van der Waals surface area contributed by atoms with Crippen LogP contribution >= 0.6 is 12.2 Å². The molecule has 3 aromatic rings. The maximum atomic E-state index is 11.9. The lowest BCUT2D eigenvalue weighted by Crippen LogP contribution is -2.29. The van der Waals surface area contributed by atoms with Gasteiger partial charge in [-0.15, -0.1) is 0 Å². The van der Waals surface area contributed by atoms with Gasteiger partial charge in [-0.3, -0.25) is 9.78 Å². The molecule has 0 unspecified atom stereocenters. The standard InChI is InChI=1S/C24H27N5O2S/c1-5-21(30)27-18-10-9-16(13-20(18)31-4)29-23(17-12-14(2)26-15(17)3)22(28-24(29)32)19-8-6-7-11-25-19/h6-13,22-23,26H,5H2,1-4H3,(H,27,30)(H,28,32)/t22-,23+/m0/s1. The van der Waals surface area contributed by atoms with E-state index in [1.165, 1.54) is 0 Å². The number of hydrogen-bond acceptors (Lipinski definition) is 4. The van der Waals surface area contributed by atoms with Gasteiger partial charge in [-0.05, 0) is 62.0 Å². The molecule has 8 heteroatoms. The smallest absolute Gasteiger partial charge is 0.224 e. The van der Waals surface area contributed by atoms with E-state index >= 15 is 0 Å². The molecule has 0 saturated carbocycles. The topological polar surface area (TPSA) is 82.3 Å². The highest BCUT2D eigenvalue weighted by Crippen LogP contribution is 2.44. The number of carbonyl (C=O) groups is 1. The fourth-order valence-electron chi connectivity index (χ4n) is 4.17. The van der Waals surface area contributed by atoms with E-state index in [4.69, 9.17) is 17.0 Å². The number of H-pyrrole nitrogens is 1. The summed E-state index contributed by atoms with van der Waals surface area (Å²) in [5.74, 6) is 0.509. The highest BCUT2D eigenvalue weighted by Gasteiger charge is 2.42. The summed E-state index contributed by atoms with van der Waals surface area (Å²) in [6.45, 7) is 5.93. The highest BCUT2D eigenvalue weighted by atomic mass is 32.1. The first-order valence-corrected chi connectivity index (χ1v) is 11.0. The first kappa shape index (κ1) is 21.8. The number of anilines is 2. The van der Waals surface area contributed by atoms with E-state index in [1.807, 2.05) is 50.2 Å². The van der Waals surface area contributed by atoms with Gasteiger partial charge in [0.1, 0.15) is 5.75 Å². The van der Waals surface area contributed by atoms with Gasteiger partial charge in [0, 0.05) is 35.8 Å². The fraction of sp³-hybridized carbons (Fsp3) is 0.292. The van der Waals surface area contributed by atoms with Crippen molar-refractivity contribution >= 4 is 34.6 Å². The Balaban J connectivity index is 1.80. The van der Waals surface area contributed by atoms with Crippen LogP contribution in [0.15, 0.2) is 48.7 Å². The number of aromatic amines is 1. The van der Waals surface area contributed by atoms with Crippen LogP contribution in [0.1, 0.15) is 48.1 Å². The number of amides is 1. The van der Waals surface area contributed by atoms with Crippen LogP contribution in [0.3, 0.4) is 0 Å². The second-order valence-corrected chi connectivity index (χ2v) is 8.20.